The summed E-state index contributed by atoms with van der Waals surface area (Å²) in [6.07, 6.45) is 1.24. The lowest BCUT2D eigenvalue weighted by Crippen LogP contribution is -2.52. The third-order valence-electron chi connectivity index (χ3n) is 4.53. The van der Waals surface area contributed by atoms with Gasteiger partial charge in [0.2, 0.25) is 0 Å². The van der Waals surface area contributed by atoms with Gasteiger partial charge in [-0.3, -0.25) is 9.69 Å². The van der Waals surface area contributed by atoms with Crippen LogP contribution in [0.1, 0.15) is 46.6 Å². The van der Waals surface area contributed by atoms with Crippen LogP contribution in [0.15, 0.2) is 30.3 Å². The van der Waals surface area contributed by atoms with E-state index in [4.69, 9.17) is 14.2 Å². The summed E-state index contributed by atoms with van der Waals surface area (Å²) in [6.45, 7) is 10.4. The minimum Gasteiger partial charge on any atom is -0.465 e. The highest BCUT2D eigenvalue weighted by Crippen LogP contribution is 2.29. The number of amides is 1. The van der Waals surface area contributed by atoms with Gasteiger partial charge in [0.25, 0.3) is 0 Å². The number of ether oxygens (including phenoxy) is 3. The number of hydrogen-bond acceptors (Lipinski definition) is 6. The molecule has 1 atom stereocenters. The highest BCUT2D eigenvalue weighted by molar-refractivity contribution is 5.71. The zero-order valence-electron chi connectivity index (χ0n) is 18.2. The van der Waals surface area contributed by atoms with E-state index in [1.54, 1.807) is 4.90 Å². The zero-order chi connectivity index (χ0) is 21.5. The fourth-order valence-corrected chi connectivity index (χ4v) is 3.21. The molecule has 1 heterocycles. The number of carbonyl (C=O) groups excluding carboxylic acids is 2. The van der Waals surface area contributed by atoms with Gasteiger partial charge in [-0.15, -0.1) is 0 Å². The molecule has 29 heavy (non-hydrogen) atoms. The van der Waals surface area contributed by atoms with E-state index in [-0.39, 0.29) is 18.6 Å². The van der Waals surface area contributed by atoms with Crippen LogP contribution >= 0.6 is 0 Å². The first kappa shape index (κ1) is 23.2. The van der Waals surface area contributed by atoms with Crippen LogP contribution in [0, 0.1) is 0 Å². The number of nitrogens with one attached hydrogen (secondary N) is 1. The van der Waals surface area contributed by atoms with Crippen molar-refractivity contribution in [1.29, 1.82) is 0 Å². The number of rotatable bonds is 8. The van der Waals surface area contributed by atoms with Gasteiger partial charge in [-0.05, 0) is 53.0 Å². The second-order valence-electron chi connectivity index (χ2n) is 8.70. The molecule has 0 aromatic heterocycles. The second kappa shape index (κ2) is 10.1. The van der Waals surface area contributed by atoms with E-state index in [0.717, 1.165) is 12.8 Å². The van der Waals surface area contributed by atoms with Crippen molar-refractivity contribution < 1.29 is 23.8 Å². The van der Waals surface area contributed by atoms with Gasteiger partial charge in [-0.25, -0.2) is 4.79 Å². The number of nitrogens with zero attached hydrogens (tertiary/aromatic N) is 1. The molecule has 1 fully saturated rings. The number of carbonyl (C=O) groups is 2. The third kappa shape index (κ3) is 7.66. The summed E-state index contributed by atoms with van der Waals surface area (Å²) in [4.78, 5) is 26.1. The van der Waals surface area contributed by atoms with Crippen molar-refractivity contribution in [2.45, 2.75) is 64.8 Å². The van der Waals surface area contributed by atoms with Gasteiger partial charge in [-0.1, -0.05) is 30.3 Å². The topological polar surface area (TPSA) is 77.1 Å². The van der Waals surface area contributed by atoms with Gasteiger partial charge < -0.3 is 19.5 Å². The maximum Gasteiger partial charge on any atom is 0.412 e. The van der Waals surface area contributed by atoms with Crippen molar-refractivity contribution in [2.75, 3.05) is 26.3 Å². The lowest BCUT2D eigenvalue weighted by Gasteiger charge is -2.35. The van der Waals surface area contributed by atoms with E-state index in [0.29, 0.717) is 19.8 Å². The summed E-state index contributed by atoms with van der Waals surface area (Å²) in [6, 6.07) is 9.89. The van der Waals surface area contributed by atoms with Crippen LogP contribution in [0.25, 0.3) is 0 Å². The minimum absolute atomic E-state index is 0.0877. The van der Waals surface area contributed by atoms with E-state index < -0.39 is 17.4 Å². The van der Waals surface area contributed by atoms with Crippen LogP contribution in [0.4, 0.5) is 4.79 Å². The summed E-state index contributed by atoms with van der Waals surface area (Å²) < 4.78 is 16.5. The van der Waals surface area contributed by atoms with Crippen LogP contribution in [0.3, 0.4) is 0 Å². The van der Waals surface area contributed by atoms with Crippen LogP contribution in [0.2, 0.25) is 0 Å². The molecule has 1 amide bonds. The highest BCUT2D eigenvalue weighted by atomic mass is 16.6. The molecule has 162 valence electrons. The zero-order valence-corrected chi connectivity index (χ0v) is 18.2. The number of hydrogen-bond donors (Lipinski definition) is 1. The fraction of sp³-hybridized carbons (Fsp3) is 0.636. The fourth-order valence-electron chi connectivity index (χ4n) is 3.21. The monoisotopic (exact) mass is 406 g/mol. The predicted octanol–water partition coefficient (Wildman–Crippen LogP) is 3.12. The lowest BCUT2D eigenvalue weighted by atomic mass is 10.1. The van der Waals surface area contributed by atoms with Crippen LogP contribution in [-0.2, 0) is 25.4 Å². The predicted molar refractivity (Wildman–Crippen MR) is 110 cm³/mol. The Balaban J connectivity index is 1.71. The van der Waals surface area contributed by atoms with Gasteiger partial charge in [0.1, 0.15) is 11.3 Å². The molecule has 1 aromatic rings. The second-order valence-corrected chi connectivity index (χ2v) is 8.70. The third-order valence-corrected chi connectivity index (χ3v) is 4.53. The molecule has 1 aliphatic heterocycles. The molecule has 0 unspecified atom stereocenters. The lowest BCUT2D eigenvalue weighted by molar-refractivity contribution is -0.142. The Hall–Kier alpha value is -2.12. The van der Waals surface area contributed by atoms with Crippen LogP contribution in [-0.4, -0.2) is 60.6 Å². The molecule has 1 aromatic carbocycles. The molecular formula is C22H34N2O5. The summed E-state index contributed by atoms with van der Waals surface area (Å²) in [5.41, 5.74) is -0.114. The number of aryl methyl sites for hydroxylation is 1. The average molecular weight is 407 g/mol. The first-order chi connectivity index (χ1) is 13.6. The maximum atomic E-state index is 12.6. The van der Waals surface area contributed by atoms with Gasteiger partial charge in [-0.2, -0.15) is 0 Å². The Labute approximate surface area is 173 Å². The SMILES string of the molecule is CC(C)(C)OC(=O)N1[C@@H](CNCC(=O)OCCCc2ccccc2)COC1(C)C. The molecule has 0 spiro atoms. The van der Waals surface area contributed by atoms with E-state index in [1.165, 1.54) is 5.56 Å². The Morgan fingerprint density at radius 3 is 2.59 bits per heavy atom. The Bertz CT molecular complexity index is 670. The molecule has 7 heteroatoms. The first-order valence-corrected chi connectivity index (χ1v) is 10.1. The molecule has 7 nitrogen and oxygen atoms in total. The van der Waals surface area contributed by atoms with Crippen molar-refractivity contribution in [3.8, 4) is 0 Å². The number of benzene rings is 1. The summed E-state index contributed by atoms with van der Waals surface area (Å²) in [5, 5.41) is 3.07. The van der Waals surface area contributed by atoms with E-state index in [1.807, 2.05) is 52.8 Å². The van der Waals surface area contributed by atoms with E-state index in [9.17, 15) is 9.59 Å². The molecule has 0 saturated carbocycles. The average Bonchev–Trinajstić information content (AvgIpc) is 2.93. The van der Waals surface area contributed by atoms with Gasteiger partial charge in [0.05, 0.1) is 25.8 Å². The highest BCUT2D eigenvalue weighted by Gasteiger charge is 2.45. The van der Waals surface area contributed by atoms with E-state index >= 15 is 0 Å². The van der Waals surface area contributed by atoms with Crippen molar-refractivity contribution in [3.05, 3.63) is 35.9 Å². The molecule has 0 bridgehead atoms. The van der Waals surface area contributed by atoms with Crippen LogP contribution in [0.5, 0.6) is 0 Å². The van der Waals surface area contributed by atoms with Gasteiger partial charge in [0, 0.05) is 6.54 Å². The quantitative estimate of drug-likeness (QED) is 0.528. The first-order valence-electron chi connectivity index (χ1n) is 10.1. The minimum atomic E-state index is -0.757. The van der Waals surface area contributed by atoms with Crippen molar-refractivity contribution in [1.82, 2.24) is 10.2 Å². The Kier molecular flexibility index (Phi) is 8.05. The molecule has 1 saturated heterocycles. The van der Waals surface area contributed by atoms with Crippen LogP contribution < -0.4 is 5.32 Å². The Morgan fingerprint density at radius 2 is 1.93 bits per heavy atom. The smallest absolute Gasteiger partial charge is 0.412 e. The normalized spacial score (nSPS) is 18.5. The summed E-state index contributed by atoms with van der Waals surface area (Å²) in [7, 11) is 0. The van der Waals surface area contributed by atoms with Crippen molar-refractivity contribution in [3.63, 3.8) is 0 Å². The van der Waals surface area contributed by atoms with E-state index in [2.05, 4.69) is 17.4 Å². The molecular weight excluding hydrogens is 372 g/mol. The van der Waals surface area contributed by atoms with Crippen molar-refractivity contribution in [2.24, 2.45) is 0 Å². The molecule has 1 aliphatic rings. The molecule has 0 aliphatic carbocycles. The standard InChI is InChI=1S/C22H34N2O5/c1-21(2,3)29-20(26)24-18(16-28-22(24,4)5)14-23-15-19(25)27-13-9-12-17-10-7-6-8-11-17/h6-8,10-11,18,23H,9,12-16H2,1-5H3/t18-/m0/s1. The summed E-state index contributed by atoms with van der Waals surface area (Å²) >= 11 is 0. The number of esters is 1. The van der Waals surface area contributed by atoms with Crippen molar-refractivity contribution >= 4 is 12.1 Å². The van der Waals surface area contributed by atoms with Gasteiger partial charge in [0.15, 0.2) is 0 Å². The molecule has 0 radical (unpaired) electrons. The molecule has 1 N–H and O–H groups in total. The summed E-state index contributed by atoms with van der Waals surface area (Å²) in [5.74, 6) is -0.306. The maximum absolute atomic E-state index is 12.6. The Morgan fingerprint density at radius 1 is 1.24 bits per heavy atom. The largest absolute Gasteiger partial charge is 0.465 e. The molecule has 2 rings (SSSR count). The van der Waals surface area contributed by atoms with Gasteiger partial charge >= 0.3 is 12.1 Å².